The van der Waals surface area contributed by atoms with E-state index in [2.05, 4.69) is 0 Å². The molecule has 2 nitrogen and oxygen atoms in total. The highest BCUT2D eigenvalue weighted by Gasteiger charge is 2.40. The van der Waals surface area contributed by atoms with Crippen LogP contribution in [0.5, 0.6) is 0 Å². The van der Waals surface area contributed by atoms with Crippen LogP contribution in [0.1, 0.15) is 39.5 Å². The second-order valence-electron chi connectivity index (χ2n) is 4.88. The highest BCUT2D eigenvalue weighted by atomic mass is 19.4. The van der Waals surface area contributed by atoms with Crippen molar-refractivity contribution in [3.8, 4) is 0 Å². The predicted octanol–water partition coefficient (Wildman–Crippen LogP) is 3.63. The van der Waals surface area contributed by atoms with Gasteiger partial charge in [0, 0.05) is 11.3 Å². The summed E-state index contributed by atoms with van der Waals surface area (Å²) in [6, 6.07) is 0. The van der Waals surface area contributed by atoms with Gasteiger partial charge in [0.2, 0.25) is 0 Å². The van der Waals surface area contributed by atoms with Gasteiger partial charge in [0.25, 0.3) is 0 Å². The molecule has 0 heterocycles. The molecule has 0 bridgehead atoms. The molecule has 17 heavy (non-hydrogen) atoms. The van der Waals surface area contributed by atoms with Crippen molar-refractivity contribution in [2.75, 3.05) is 0 Å². The molecule has 1 aliphatic carbocycles. The lowest BCUT2D eigenvalue weighted by Crippen LogP contribution is -2.30. The van der Waals surface area contributed by atoms with Crippen LogP contribution in [0.15, 0.2) is 11.3 Å². The summed E-state index contributed by atoms with van der Waals surface area (Å²) in [5.41, 5.74) is 4.78. The molecule has 0 spiro atoms. The Labute approximate surface area is 99.6 Å². The molecule has 1 rings (SSSR count). The molecule has 0 aromatic rings. The number of alkyl halides is 3. The van der Waals surface area contributed by atoms with Crippen molar-refractivity contribution in [1.29, 1.82) is 5.41 Å². The van der Waals surface area contributed by atoms with Gasteiger partial charge in [-0.05, 0) is 24.7 Å². The van der Waals surface area contributed by atoms with Crippen LogP contribution in [0.4, 0.5) is 13.2 Å². The molecule has 0 amide bonds. The first-order chi connectivity index (χ1) is 7.75. The minimum absolute atomic E-state index is 0.0324. The zero-order chi connectivity index (χ0) is 13.2. The summed E-state index contributed by atoms with van der Waals surface area (Å²) < 4.78 is 38.0. The van der Waals surface area contributed by atoms with Gasteiger partial charge >= 0.3 is 6.18 Å². The monoisotopic (exact) mass is 248 g/mol. The third kappa shape index (κ3) is 3.23. The Morgan fingerprint density at radius 2 is 1.71 bits per heavy atom. The first kappa shape index (κ1) is 14.1. The molecule has 3 N–H and O–H groups in total. The predicted molar refractivity (Wildman–Crippen MR) is 61.8 cm³/mol. The largest absolute Gasteiger partial charge is 0.433 e. The van der Waals surface area contributed by atoms with E-state index in [1.54, 1.807) is 13.8 Å². The van der Waals surface area contributed by atoms with Gasteiger partial charge in [-0.25, -0.2) is 0 Å². The van der Waals surface area contributed by atoms with Gasteiger partial charge in [-0.3, -0.25) is 5.41 Å². The average molecular weight is 248 g/mol. The van der Waals surface area contributed by atoms with Gasteiger partial charge in [0.1, 0.15) is 5.71 Å². The fraction of sp³-hybridized carbons (Fsp3) is 0.750. The Hall–Kier alpha value is -1.00. The number of nitrogens with one attached hydrogen (secondary N) is 1. The van der Waals surface area contributed by atoms with Crippen LogP contribution in [0, 0.1) is 17.2 Å². The lowest BCUT2D eigenvalue weighted by atomic mass is 9.88. The Morgan fingerprint density at radius 3 is 2.06 bits per heavy atom. The standard InChI is InChI=1S/C12H19F3N2/c1-7(2)10(16)9(8-5-3-4-6-8)11(17)12(13,14)15/h7-8,17H,3-6,16H2,1-2H3/b10-9-,17-11?. The summed E-state index contributed by atoms with van der Waals surface area (Å²) in [4.78, 5) is 0. The summed E-state index contributed by atoms with van der Waals surface area (Å²) in [6.07, 6.45) is -1.34. The fourth-order valence-electron chi connectivity index (χ4n) is 2.26. The van der Waals surface area contributed by atoms with Gasteiger partial charge in [0.15, 0.2) is 0 Å². The lowest BCUT2D eigenvalue weighted by molar-refractivity contribution is -0.0594. The van der Waals surface area contributed by atoms with Gasteiger partial charge in [0.05, 0.1) is 0 Å². The quantitative estimate of drug-likeness (QED) is 0.736. The van der Waals surface area contributed by atoms with E-state index in [0.717, 1.165) is 12.8 Å². The number of hydrogen-bond donors (Lipinski definition) is 2. The minimum Gasteiger partial charge on any atom is -0.402 e. The van der Waals surface area contributed by atoms with Crippen molar-refractivity contribution in [1.82, 2.24) is 0 Å². The molecule has 0 saturated heterocycles. The zero-order valence-electron chi connectivity index (χ0n) is 10.2. The average Bonchev–Trinajstić information content (AvgIpc) is 2.69. The topological polar surface area (TPSA) is 49.9 Å². The molecule has 0 atom stereocenters. The molecular weight excluding hydrogens is 229 g/mol. The number of nitrogens with two attached hydrogens (primary N) is 1. The van der Waals surface area contributed by atoms with E-state index < -0.39 is 11.9 Å². The highest BCUT2D eigenvalue weighted by Crippen LogP contribution is 2.37. The molecule has 5 heteroatoms. The molecule has 0 unspecified atom stereocenters. The normalized spacial score (nSPS) is 19.6. The van der Waals surface area contributed by atoms with Crippen molar-refractivity contribution in [3.63, 3.8) is 0 Å². The first-order valence-electron chi connectivity index (χ1n) is 5.90. The van der Waals surface area contributed by atoms with Crippen LogP contribution >= 0.6 is 0 Å². The van der Waals surface area contributed by atoms with Crippen LogP contribution in [-0.2, 0) is 0 Å². The molecule has 98 valence electrons. The molecule has 1 saturated carbocycles. The maximum Gasteiger partial charge on any atom is 0.433 e. The second-order valence-corrected chi connectivity index (χ2v) is 4.88. The van der Waals surface area contributed by atoms with Crippen molar-refractivity contribution >= 4 is 5.71 Å². The summed E-state index contributed by atoms with van der Waals surface area (Å²) in [7, 11) is 0. The van der Waals surface area contributed by atoms with Crippen LogP contribution in [0.3, 0.4) is 0 Å². The number of rotatable bonds is 3. The van der Waals surface area contributed by atoms with Gasteiger partial charge in [-0.2, -0.15) is 13.2 Å². The molecule has 1 fully saturated rings. The Morgan fingerprint density at radius 1 is 1.24 bits per heavy atom. The molecule has 0 radical (unpaired) electrons. The van der Waals surface area contributed by atoms with Crippen molar-refractivity contribution in [3.05, 3.63) is 11.3 Å². The summed E-state index contributed by atoms with van der Waals surface area (Å²) in [5, 5.41) is 7.32. The molecule has 1 aliphatic rings. The van der Waals surface area contributed by atoms with E-state index >= 15 is 0 Å². The van der Waals surface area contributed by atoms with E-state index in [1.807, 2.05) is 0 Å². The van der Waals surface area contributed by atoms with E-state index in [4.69, 9.17) is 11.1 Å². The van der Waals surface area contributed by atoms with E-state index in [9.17, 15) is 13.2 Å². The summed E-state index contributed by atoms with van der Waals surface area (Å²) in [6.45, 7) is 3.52. The molecule has 0 aromatic heterocycles. The van der Waals surface area contributed by atoms with Gasteiger partial charge < -0.3 is 5.73 Å². The van der Waals surface area contributed by atoms with Crippen LogP contribution < -0.4 is 5.73 Å². The summed E-state index contributed by atoms with van der Waals surface area (Å²) >= 11 is 0. The third-order valence-electron chi connectivity index (χ3n) is 3.25. The fourth-order valence-corrected chi connectivity index (χ4v) is 2.26. The zero-order valence-corrected chi connectivity index (χ0v) is 10.2. The Kier molecular flexibility index (Phi) is 4.22. The van der Waals surface area contributed by atoms with Crippen LogP contribution in [-0.4, -0.2) is 11.9 Å². The molecular formula is C12H19F3N2. The Balaban J connectivity index is 3.11. The molecule has 0 aromatic carbocycles. The Bertz CT molecular complexity index is 323. The number of hydrogen-bond acceptors (Lipinski definition) is 2. The van der Waals surface area contributed by atoms with Crippen LogP contribution in [0.2, 0.25) is 0 Å². The number of halogens is 3. The second kappa shape index (κ2) is 5.10. The van der Waals surface area contributed by atoms with E-state index in [0.29, 0.717) is 12.8 Å². The number of allylic oxidation sites excluding steroid dienone is 2. The maximum absolute atomic E-state index is 12.7. The van der Waals surface area contributed by atoms with Crippen molar-refractivity contribution in [2.24, 2.45) is 17.6 Å². The lowest BCUT2D eigenvalue weighted by Gasteiger charge is -2.22. The SMILES string of the molecule is CC(C)/C(N)=C(/C(=N)C(F)(F)F)C1CCCC1. The molecule has 0 aliphatic heterocycles. The van der Waals surface area contributed by atoms with Crippen molar-refractivity contribution < 1.29 is 13.2 Å². The minimum atomic E-state index is -4.60. The third-order valence-corrected chi connectivity index (χ3v) is 3.25. The van der Waals surface area contributed by atoms with Crippen LogP contribution in [0.25, 0.3) is 0 Å². The van der Waals surface area contributed by atoms with Gasteiger partial charge in [-0.1, -0.05) is 26.7 Å². The van der Waals surface area contributed by atoms with Crippen molar-refractivity contribution in [2.45, 2.75) is 45.7 Å². The smallest absolute Gasteiger partial charge is 0.402 e. The van der Waals surface area contributed by atoms with Gasteiger partial charge in [-0.15, -0.1) is 0 Å². The highest BCUT2D eigenvalue weighted by molar-refractivity contribution is 6.02. The maximum atomic E-state index is 12.7. The van der Waals surface area contributed by atoms with E-state index in [-0.39, 0.29) is 23.1 Å². The first-order valence-corrected chi connectivity index (χ1v) is 5.90. The van der Waals surface area contributed by atoms with E-state index in [1.165, 1.54) is 0 Å². The summed E-state index contributed by atoms with van der Waals surface area (Å²) in [5.74, 6) is -0.347.